The number of urea groups is 1. The molecule has 0 saturated heterocycles. The van der Waals surface area contributed by atoms with Gasteiger partial charge in [-0.15, -0.1) is 11.3 Å². The largest absolute Gasteiger partial charge is 0.481 e. The van der Waals surface area contributed by atoms with E-state index >= 15 is 0 Å². The highest BCUT2D eigenvalue weighted by molar-refractivity contribution is 9.11. The molecule has 1 aromatic rings. The number of carboxylic acid groups (broad SMARTS) is 1. The summed E-state index contributed by atoms with van der Waals surface area (Å²) >= 11 is 5.00. The summed E-state index contributed by atoms with van der Waals surface area (Å²) in [6.07, 6.45) is 0.762. The van der Waals surface area contributed by atoms with E-state index < -0.39 is 11.9 Å². The summed E-state index contributed by atoms with van der Waals surface area (Å²) in [6.45, 7) is 2.21. The van der Waals surface area contributed by atoms with Crippen molar-refractivity contribution in [3.8, 4) is 0 Å². The van der Waals surface area contributed by atoms with Gasteiger partial charge in [0.2, 0.25) is 0 Å². The number of nitrogens with one attached hydrogen (secondary N) is 2. The van der Waals surface area contributed by atoms with Crippen molar-refractivity contribution in [1.29, 1.82) is 0 Å². The zero-order valence-electron chi connectivity index (χ0n) is 9.90. The monoisotopic (exact) mass is 334 g/mol. The molecule has 0 bridgehead atoms. The van der Waals surface area contributed by atoms with Crippen LogP contribution in [0.5, 0.6) is 0 Å². The molecule has 1 atom stereocenters. The van der Waals surface area contributed by atoms with Gasteiger partial charge in [0.25, 0.3) is 0 Å². The van der Waals surface area contributed by atoms with Gasteiger partial charge in [-0.1, -0.05) is 6.92 Å². The minimum absolute atomic E-state index is 0.131. The van der Waals surface area contributed by atoms with E-state index in [-0.39, 0.29) is 12.6 Å². The molecule has 100 valence electrons. The third-order valence-corrected chi connectivity index (χ3v) is 3.96. The van der Waals surface area contributed by atoms with Crippen molar-refractivity contribution in [2.24, 2.45) is 5.92 Å². The first-order valence-corrected chi connectivity index (χ1v) is 7.08. The lowest BCUT2D eigenvalue weighted by molar-refractivity contribution is -0.140. The Labute approximate surface area is 118 Å². The normalized spacial score (nSPS) is 11.9. The Kier molecular flexibility index (Phi) is 6.14. The third-order valence-electron chi connectivity index (χ3n) is 2.28. The van der Waals surface area contributed by atoms with Crippen LogP contribution in [0.3, 0.4) is 0 Å². The number of hydrogen-bond acceptors (Lipinski definition) is 3. The lowest BCUT2D eigenvalue weighted by Gasteiger charge is -2.09. The molecule has 18 heavy (non-hydrogen) atoms. The average Bonchev–Trinajstić information content (AvgIpc) is 2.71. The number of carbonyl (C=O) groups is 2. The molecule has 1 heterocycles. The number of halogens is 1. The summed E-state index contributed by atoms with van der Waals surface area (Å²) < 4.78 is 1.07. The first-order valence-electron chi connectivity index (χ1n) is 5.47. The molecule has 5 nitrogen and oxygen atoms in total. The van der Waals surface area contributed by atoms with Gasteiger partial charge in [0.15, 0.2) is 0 Å². The van der Waals surface area contributed by atoms with Gasteiger partial charge in [0.1, 0.15) is 0 Å². The number of rotatable bonds is 6. The summed E-state index contributed by atoms with van der Waals surface area (Å²) in [6, 6.07) is 3.63. The molecule has 1 unspecified atom stereocenters. The number of hydrogen-bond donors (Lipinski definition) is 3. The Balaban J connectivity index is 2.15. The minimum atomic E-state index is -0.918. The van der Waals surface area contributed by atoms with E-state index in [1.807, 2.05) is 12.1 Å². The fourth-order valence-corrected chi connectivity index (χ4v) is 2.66. The maximum atomic E-state index is 11.3. The van der Waals surface area contributed by atoms with Gasteiger partial charge in [-0.25, -0.2) is 4.79 Å². The third kappa shape index (κ3) is 5.50. The van der Waals surface area contributed by atoms with Gasteiger partial charge < -0.3 is 15.7 Å². The minimum Gasteiger partial charge on any atom is -0.481 e. The van der Waals surface area contributed by atoms with E-state index in [4.69, 9.17) is 5.11 Å². The van der Waals surface area contributed by atoms with Crippen LogP contribution in [0, 0.1) is 5.92 Å². The first-order chi connectivity index (χ1) is 8.49. The maximum absolute atomic E-state index is 11.3. The lowest BCUT2D eigenvalue weighted by atomic mass is 10.2. The molecule has 2 amide bonds. The highest BCUT2D eigenvalue weighted by atomic mass is 79.9. The molecular formula is C11H15BrN2O3S. The van der Waals surface area contributed by atoms with Crippen LogP contribution in [-0.2, 0) is 11.2 Å². The van der Waals surface area contributed by atoms with Gasteiger partial charge in [-0.2, -0.15) is 0 Å². The Morgan fingerprint density at radius 3 is 2.72 bits per heavy atom. The second-order valence-corrected chi connectivity index (χ2v) is 6.38. The number of carbonyl (C=O) groups excluding carboxylic acids is 1. The van der Waals surface area contributed by atoms with Gasteiger partial charge in [-0.3, -0.25) is 4.79 Å². The van der Waals surface area contributed by atoms with E-state index in [0.717, 1.165) is 10.2 Å². The van der Waals surface area contributed by atoms with Crippen LogP contribution >= 0.6 is 27.3 Å². The van der Waals surface area contributed by atoms with Crippen molar-refractivity contribution in [3.05, 3.63) is 20.8 Å². The van der Waals surface area contributed by atoms with Crippen LogP contribution in [0.1, 0.15) is 11.8 Å². The van der Waals surface area contributed by atoms with Crippen LogP contribution in [-0.4, -0.2) is 30.2 Å². The summed E-state index contributed by atoms with van der Waals surface area (Å²) in [5.74, 6) is -1.50. The topological polar surface area (TPSA) is 78.4 Å². The summed E-state index contributed by atoms with van der Waals surface area (Å²) in [5.41, 5.74) is 0. The fourth-order valence-electron chi connectivity index (χ4n) is 1.18. The average molecular weight is 335 g/mol. The Morgan fingerprint density at radius 1 is 1.44 bits per heavy atom. The van der Waals surface area contributed by atoms with Crippen molar-refractivity contribution in [2.75, 3.05) is 13.1 Å². The standard InChI is InChI=1S/C11H15BrN2O3S/c1-7(10(15)16)6-14-11(17)13-5-4-8-2-3-9(12)18-8/h2-3,7H,4-6H2,1H3,(H,15,16)(H2,13,14,17). The Morgan fingerprint density at radius 2 is 2.17 bits per heavy atom. The second kappa shape index (κ2) is 7.38. The van der Waals surface area contributed by atoms with Crippen molar-refractivity contribution < 1.29 is 14.7 Å². The van der Waals surface area contributed by atoms with Crippen LogP contribution in [0.15, 0.2) is 15.9 Å². The second-order valence-electron chi connectivity index (χ2n) is 3.83. The molecule has 7 heteroatoms. The number of amides is 2. The van der Waals surface area contributed by atoms with E-state index in [9.17, 15) is 9.59 Å². The predicted molar refractivity (Wildman–Crippen MR) is 73.9 cm³/mol. The van der Waals surface area contributed by atoms with E-state index in [0.29, 0.717) is 6.54 Å². The Hall–Kier alpha value is -1.08. The van der Waals surface area contributed by atoms with Crippen molar-refractivity contribution in [3.63, 3.8) is 0 Å². The van der Waals surface area contributed by atoms with Crippen molar-refractivity contribution in [1.82, 2.24) is 10.6 Å². The molecule has 0 aliphatic heterocycles. The number of aliphatic carboxylic acids is 1. The molecule has 0 aliphatic carbocycles. The summed E-state index contributed by atoms with van der Waals surface area (Å²) in [7, 11) is 0. The zero-order valence-corrected chi connectivity index (χ0v) is 12.3. The van der Waals surface area contributed by atoms with Crippen LogP contribution < -0.4 is 10.6 Å². The highest BCUT2D eigenvalue weighted by Crippen LogP contribution is 2.21. The van der Waals surface area contributed by atoms with Crippen molar-refractivity contribution >= 4 is 39.3 Å². The lowest BCUT2D eigenvalue weighted by Crippen LogP contribution is -2.39. The maximum Gasteiger partial charge on any atom is 0.314 e. The van der Waals surface area contributed by atoms with Crippen LogP contribution in [0.25, 0.3) is 0 Å². The molecule has 0 spiro atoms. The molecule has 1 aromatic heterocycles. The number of thiophene rings is 1. The molecule has 0 radical (unpaired) electrons. The van der Waals surface area contributed by atoms with Gasteiger partial charge in [-0.05, 0) is 34.5 Å². The zero-order chi connectivity index (χ0) is 13.5. The molecule has 3 N–H and O–H groups in total. The van der Waals surface area contributed by atoms with Gasteiger partial charge in [0, 0.05) is 18.0 Å². The number of carboxylic acids is 1. The smallest absolute Gasteiger partial charge is 0.314 e. The molecule has 0 aromatic carbocycles. The Bertz CT molecular complexity index is 422. The first kappa shape index (κ1) is 15.0. The predicted octanol–water partition coefficient (Wildman–Crippen LogP) is 2.07. The van der Waals surface area contributed by atoms with Crippen molar-refractivity contribution in [2.45, 2.75) is 13.3 Å². The molecule has 0 aliphatic rings. The van der Waals surface area contributed by atoms with E-state index in [2.05, 4.69) is 26.6 Å². The molecule has 1 rings (SSSR count). The van der Waals surface area contributed by atoms with Gasteiger partial charge in [0.05, 0.1) is 9.70 Å². The quantitative estimate of drug-likeness (QED) is 0.745. The van der Waals surface area contributed by atoms with Crippen LogP contribution in [0.4, 0.5) is 4.79 Å². The van der Waals surface area contributed by atoms with E-state index in [1.54, 1.807) is 18.3 Å². The van der Waals surface area contributed by atoms with Gasteiger partial charge >= 0.3 is 12.0 Å². The van der Waals surface area contributed by atoms with Crippen LogP contribution in [0.2, 0.25) is 0 Å². The summed E-state index contributed by atoms with van der Waals surface area (Å²) in [5, 5.41) is 13.8. The SMILES string of the molecule is CC(CNC(=O)NCCc1ccc(Br)s1)C(=O)O. The summed E-state index contributed by atoms with van der Waals surface area (Å²) in [4.78, 5) is 23.1. The van der Waals surface area contributed by atoms with E-state index in [1.165, 1.54) is 4.88 Å². The molecule has 0 fully saturated rings. The fraction of sp³-hybridized carbons (Fsp3) is 0.455. The highest BCUT2D eigenvalue weighted by Gasteiger charge is 2.11. The molecular weight excluding hydrogens is 320 g/mol. The molecule has 0 saturated carbocycles.